The fourth-order valence-corrected chi connectivity index (χ4v) is 3.21. The van der Waals surface area contributed by atoms with Crippen molar-refractivity contribution in [2.75, 3.05) is 13.7 Å². The zero-order valence-corrected chi connectivity index (χ0v) is 12.7. The zero-order valence-electron chi connectivity index (χ0n) is 12.7. The summed E-state index contributed by atoms with van der Waals surface area (Å²) in [6.07, 6.45) is 2.94. The van der Waals surface area contributed by atoms with E-state index in [9.17, 15) is 18.8 Å². The molecule has 2 aliphatic rings. The average molecular weight is 320 g/mol. The Morgan fingerprint density at radius 1 is 1.35 bits per heavy atom. The Labute approximate surface area is 132 Å². The van der Waals surface area contributed by atoms with Gasteiger partial charge in [0.1, 0.15) is 5.54 Å². The van der Waals surface area contributed by atoms with Crippen molar-refractivity contribution in [1.82, 2.24) is 10.2 Å². The van der Waals surface area contributed by atoms with Crippen LogP contribution in [0.4, 0.5) is 9.18 Å². The van der Waals surface area contributed by atoms with Gasteiger partial charge in [-0.25, -0.2) is 9.18 Å². The van der Waals surface area contributed by atoms with Gasteiger partial charge in [-0.05, 0) is 31.0 Å². The van der Waals surface area contributed by atoms with Gasteiger partial charge in [0.25, 0.3) is 5.91 Å². The molecule has 0 bridgehead atoms. The lowest BCUT2D eigenvalue weighted by Gasteiger charge is -2.19. The van der Waals surface area contributed by atoms with Crippen LogP contribution in [0.25, 0.3) is 0 Å². The molecule has 0 aromatic heterocycles. The second kappa shape index (κ2) is 5.64. The van der Waals surface area contributed by atoms with Crippen molar-refractivity contribution in [2.45, 2.75) is 31.2 Å². The Morgan fingerprint density at radius 3 is 2.65 bits per heavy atom. The third kappa shape index (κ3) is 2.56. The Bertz CT molecular complexity index is 683. The van der Waals surface area contributed by atoms with E-state index in [1.807, 2.05) is 0 Å². The Hall–Kier alpha value is -2.44. The minimum absolute atomic E-state index is 0.0291. The molecular weight excluding hydrogens is 303 g/mol. The van der Waals surface area contributed by atoms with Crippen molar-refractivity contribution in [1.29, 1.82) is 0 Å². The second-order valence-corrected chi connectivity index (χ2v) is 5.88. The maximum atomic E-state index is 13.7. The van der Waals surface area contributed by atoms with Gasteiger partial charge in [0.15, 0.2) is 17.3 Å². The summed E-state index contributed by atoms with van der Waals surface area (Å²) in [6.45, 7) is -0.391. The number of carbonyl (C=O) groups is 3. The predicted molar refractivity (Wildman–Crippen MR) is 78.7 cm³/mol. The molecular formula is C16H17FN2O4. The van der Waals surface area contributed by atoms with E-state index in [0.29, 0.717) is 12.8 Å². The molecule has 1 heterocycles. The summed E-state index contributed by atoms with van der Waals surface area (Å²) < 4.78 is 18.5. The Morgan fingerprint density at radius 2 is 2.04 bits per heavy atom. The van der Waals surface area contributed by atoms with Gasteiger partial charge < -0.3 is 10.1 Å². The number of hydrogen-bond acceptors (Lipinski definition) is 4. The summed E-state index contributed by atoms with van der Waals surface area (Å²) >= 11 is 0. The van der Waals surface area contributed by atoms with Crippen molar-refractivity contribution in [3.05, 3.63) is 29.6 Å². The number of carbonyl (C=O) groups excluding carboxylic acids is 3. The highest BCUT2D eigenvalue weighted by molar-refractivity contribution is 6.11. The molecule has 1 spiro atoms. The summed E-state index contributed by atoms with van der Waals surface area (Å²) in [7, 11) is 1.33. The zero-order chi connectivity index (χ0) is 16.6. The molecule has 2 fully saturated rings. The summed E-state index contributed by atoms with van der Waals surface area (Å²) in [6, 6.07) is 3.24. The number of Topliss-reactive ketones (excluding diaryl/α,β-unsaturated/α-hetero) is 1. The van der Waals surface area contributed by atoms with E-state index in [0.717, 1.165) is 23.8 Å². The van der Waals surface area contributed by atoms with Crippen molar-refractivity contribution >= 4 is 17.7 Å². The first-order valence-corrected chi connectivity index (χ1v) is 7.48. The van der Waals surface area contributed by atoms with Crippen molar-refractivity contribution in [2.24, 2.45) is 0 Å². The van der Waals surface area contributed by atoms with Crippen LogP contribution in [0.1, 0.15) is 36.0 Å². The number of halogens is 1. The maximum Gasteiger partial charge on any atom is 0.325 e. The van der Waals surface area contributed by atoms with Crippen LogP contribution in [0, 0.1) is 5.82 Å². The lowest BCUT2D eigenvalue weighted by Crippen LogP contribution is -2.44. The number of imide groups is 1. The summed E-state index contributed by atoms with van der Waals surface area (Å²) in [5.41, 5.74) is -0.751. The van der Waals surface area contributed by atoms with Crippen LogP contribution in [-0.4, -0.2) is 41.8 Å². The largest absolute Gasteiger partial charge is 0.494 e. The van der Waals surface area contributed by atoms with Gasteiger partial charge >= 0.3 is 6.03 Å². The molecule has 122 valence electrons. The molecule has 1 aliphatic heterocycles. The molecule has 7 heteroatoms. The first kappa shape index (κ1) is 15.5. The summed E-state index contributed by atoms with van der Waals surface area (Å²) in [5.74, 6) is -1.49. The number of rotatable bonds is 4. The van der Waals surface area contributed by atoms with Gasteiger partial charge in [-0.1, -0.05) is 12.8 Å². The molecule has 0 atom stereocenters. The van der Waals surface area contributed by atoms with E-state index in [4.69, 9.17) is 4.74 Å². The number of nitrogens with one attached hydrogen (secondary N) is 1. The molecule has 0 unspecified atom stereocenters. The van der Waals surface area contributed by atoms with E-state index in [1.54, 1.807) is 0 Å². The third-order valence-electron chi connectivity index (χ3n) is 4.48. The van der Waals surface area contributed by atoms with E-state index in [1.165, 1.54) is 19.2 Å². The summed E-state index contributed by atoms with van der Waals surface area (Å²) in [5, 5.41) is 2.71. The number of ether oxygens (including phenoxy) is 1. The molecule has 1 saturated heterocycles. The molecule has 3 rings (SSSR count). The highest BCUT2D eigenvalue weighted by atomic mass is 19.1. The van der Waals surface area contributed by atoms with Crippen LogP contribution in [-0.2, 0) is 4.79 Å². The highest BCUT2D eigenvalue weighted by Gasteiger charge is 2.52. The fraction of sp³-hybridized carbons (Fsp3) is 0.438. The van der Waals surface area contributed by atoms with Crippen molar-refractivity contribution in [3.63, 3.8) is 0 Å². The van der Waals surface area contributed by atoms with E-state index in [2.05, 4.69) is 5.32 Å². The quantitative estimate of drug-likeness (QED) is 0.679. The SMILES string of the molecule is COc1ccc(C(=O)CN2C(=O)NC3(CCCC3)C2=O)cc1F. The Balaban J connectivity index is 1.76. The normalized spacial score (nSPS) is 19.3. The number of amides is 3. The van der Waals surface area contributed by atoms with Crippen molar-refractivity contribution < 1.29 is 23.5 Å². The average Bonchev–Trinajstić information content (AvgIpc) is 3.08. The molecule has 1 aromatic rings. The monoisotopic (exact) mass is 320 g/mol. The number of urea groups is 1. The number of methoxy groups -OCH3 is 1. The van der Waals surface area contributed by atoms with Crippen LogP contribution in [0.2, 0.25) is 0 Å². The fourth-order valence-electron chi connectivity index (χ4n) is 3.21. The molecule has 0 radical (unpaired) electrons. The smallest absolute Gasteiger partial charge is 0.325 e. The van der Waals surface area contributed by atoms with Gasteiger partial charge in [-0.2, -0.15) is 0 Å². The van der Waals surface area contributed by atoms with Crippen LogP contribution in [0.3, 0.4) is 0 Å². The van der Waals surface area contributed by atoms with E-state index < -0.39 is 29.7 Å². The molecule has 3 amide bonds. The van der Waals surface area contributed by atoms with Gasteiger partial charge in [-0.3, -0.25) is 14.5 Å². The first-order chi connectivity index (χ1) is 11.0. The second-order valence-electron chi connectivity index (χ2n) is 5.88. The minimum atomic E-state index is -0.845. The standard InChI is InChI=1S/C16H17FN2O4/c1-23-13-5-4-10(8-11(13)17)12(20)9-19-14(21)16(18-15(19)22)6-2-3-7-16/h4-5,8H,2-3,6-7,9H2,1H3,(H,18,22). The van der Waals surface area contributed by atoms with Gasteiger partial charge in [0, 0.05) is 5.56 Å². The number of hydrogen-bond donors (Lipinski definition) is 1. The topological polar surface area (TPSA) is 75.7 Å². The highest BCUT2D eigenvalue weighted by Crippen LogP contribution is 2.35. The van der Waals surface area contributed by atoms with Crippen LogP contribution in [0.5, 0.6) is 5.75 Å². The molecule has 6 nitrogen and oxygen atoms in total. The first-order valence-electron chi connectivity index (χ1n) is 7.48. The van der Waals surface area contributed by atoms with Crippen LogP contribution >= 0.6 is 0 Å². The van der Waals surface area contributed by atoms with Gasteiger partial charge in [0.2, 0.25) is 0 Å². The lowest BCUT2D eigenvalue weighted by atomic mass is 9.98. The van der Waals surface area contributed by atoms with Crippen LogP contribution < -0.4 is 10.1 Å². The lowest BCUT2D eigenvalue weighted by molar-refractivity contribution is -0.130. The van der Waals surface area contributed by atoms with E-state index >= 15 is 0 Å². The predicted octanol–water partition coefficient (Wildman–Crippen LogP) is 1.88. The minimum Gasteiger partial charge on any atom is -0.494 e. The third-order valence-corrected chi connectivity index (χ3v) is 4.48. The van der Waals surface area contributed by atoms with Gasteiger partial charge in [0.05, 0.1) is 13.7 Å². The molecule has 1 N–H and O–H groups in total. The van der Waals surface area contributed by atoms with Gasteiger partial charge in [-0.15, -0.1) is 0 Å². The summed E-state index contributed by atoms with van der Waals surface area (Å²) in [4.78, 5) is 37.7. The molecule has 1 saturated carbocycles. The molecule has 23 heavy (non-hydrogen) atoms. The molecule has 1 aromatic carbocycles. The van der Waals surface area contributed by atoms with E-state index in [-0.39, 0.29) is 17.2 Å². The maximum absolute atomic E-state index is 13.7. The van der Waals surface area contributed by atoms with Crippen molar-refractivity contribution in [3.8, 4) is 5.75 Å². The molecule has 1 aliphatic carbocycles. The number of ketones is 1. The number of benzene rings is 1. The number of nitrogens with zero attached hydrogens (tertiary/aromatic N) is 1. The Kier molecular flexibility index (Phi) is 3.79. The van der Waals surface area contributed by atoms with Crippen LogP contribution in [0.15, 0.2) is 18.2 Å².